The number of Topliss-reactive ketones (excluding diaryl/α,β-unsaturated/α-hetero) is 1. The van der Waals surface area contributed by atoms with Gasteiger partial charge < -0.3 is 5.32 Å². The SMILES string of the molecule is Cc1ccc(NC2=C(c3ccccc3)C(=O)C2c2ccccc2)cc1. The Balaban J connectivity index is 1.78. The van der Waals surface area contributed by atoms with Crippen LogP contribution in [-0.2, 0) is 4.79 Å². The third kappa shape index (κ3) is 2.87. The Hall–Kier alpha value is -3.13. The monoisotopic (exact) mass is 325 g/mol. The van der Waals surface area contributed by atoms with Gasteiger partial charge in [-0.2, -0.15) is 0 Å². The van der Waals surface area contributed by atoms with Crippen molar-refractivity contribution in [2.24, 2.45) is 0 Å². The summed E-state index contributed by atoms with van der Waals surface area (Å²) in [4.78, 5) is 12.9. The molecule has 1 aliphatic rings. The summed E-state index contributed by atoms with van der Waals surface area (Å²) in [6.07, 6.45) is 0. The van der Waals surface area contributed by atoms with Crippen LogP contribution in [0.5, 0.6) is 0 Å². The third-order valence-electron chi connectivity index (χ3n) is 4.59. The third-order valence-corrected chi connectivity index (χ3v) is 4.59. The first-order chi connectivity index (χ1) is 12.2. The summed E-state index contributed by atoms with van der Waals surface area (Å²) in [6, 6.07) is 28.1. The highest BCUT2D eigenvalue weighted by atomic mass is 16.1. The number of rotatable bonds is 4. The molecule has 3 aromatic rings. The zero-order chi connectivity index (χ0) is 17.2. The Labute approximate surface area is 147 Å². The lowest BCUT2D eigenvalue weighted by atomic mass is 9.73. The lowest BCUT2D eigenvalue weighted by Crippen LogP contribution is -2.32. The van der Waals surface area contributed by atoms with Crippen LogP contribution in [0, 0.1) is 6.92 Å². The van der Waals surface area contributed by atoms with Crippen LogP contribution < -0.4 is 5.32 Å². The van der Waals surface area contributed by atoms with Crippen LogP contribution >= 0.6 is 0 Å². The molecule has 122 valence electrons. The molecule has 1 atom stereocenters. The van der Waals surface area contributed by atoms with Gasteiger partial charge in [-0.3, -0.25) is 4.79 Å². The standard InChI is InChI=1S/C23H19NO/c1-16-12-14-19(15-13-16)24-22-20(17-8-4-2-5-9-17)23(25)21(22)18-10-6-3-7-11-18/h2-15,20,24H,1H3. The van der Waals surface area contributed by atoms with E-state index in [2.05, 4.69) is 36.5 Å². The molecule has 2 heteroatoms. The van der Waals surface area contributed by atoms with Gasteiger partial charge >= 0.3 is 0 Å². The number of allylic oxidation sites excluding steroid dienone is 2. The van der Waals surface area contributed by atoms with Crippen LogP contribution in [0.2, 0.25) is 0 Å². The van der Waals surface area contributed by atoms with Crippen LogP contribution in [0.3, 0.4) is 0 Å². The minimum absolute atomic E-state index is 0.173. The molecular formula is C23H19NO. The minimum Gasteiger partial charge on any atom is -0.357 e. The van der Waals surface area contributed by atoms with Gasteiger partial charge in [-0.15, -0.1) is 0 Å². The predicted molar refractivity (Wildman–Crippen MR) is 102 cm³/mol. The van der Waals surface area contributed by atoms with Gasteiger partial charge in [-0.05, 0) is 30.2 Å². The van der Waals surface area contributed by atoms with E-state index in [-0.39, 0.29) is 11.7 Å². The van der Waals surface area contributed by atoms with Crippen molar-refractivity contribution in [3.63, 3.8) is 0 Å². The van der Waals surface area contributed by atoms with E-state index < -0.39 is 0 Å². The van der Waals surface area contributed by atoms with Crippen molar-refractivity contribution in [1.29, 1.82) is 0 Å². The van der Waals surface area contributed by atoms with Crippen molar-refractivity contribution < 1.29 is 4.79 Å². The van der Waals surface area contributed by atoms with Crippen LogP contribution in [-0.4, -0.2) is 5.78 Å². The van der Waals surface area contributed by atoms with Gasteiger partial charge in [0.05, 0.1) is 5.92 Å². The van der Waals surface area contributed by atoms with E-state index >= 15 is 0 Å². The van der Waals surface area contributed by atoms with E-state index in [9.17, 15) is 4.79 Å². The quantitative estimate of drug-likeness (QED) is 0.715. The molecule has 1 unspecified atom stereocenters. The summed E-state index contributed by atoms with van der Waals surface area (Å²) in [5.74, 6) is -0.0512. The maximum absolute atomic E-state index is 12.9. The number of aryl methyl sites for hydroxylation is 1. The number of nitrogens with one attached hydrogen (secondary N) is 1. The normalized spacial score (nSPS) is 16.5. The molecule has 25 heavy (non-hydrogen) atoms. The Kier molecular flexibility index (Phi) is 3.95. The number of carbonyl (C=O) groups excluding carboxylic acids is 1. The number of ketones is 1. The molecule has 0 bridgehead atoms. The molecule has 0 aromatic heterocycles. The molecule has 0 amide bonds. The number of benzene rings is 3. The van der Waals surface area contributed by atoms with Crippen LogP contribution in [0.1, 0.15) is 22.6 Å². The Morgan fingerprint density at radius 1 is 0.760 bits per heavy atom. The summed E-state index contributed by atoms with van der Waals surface area (Å²) < 4.78 is 0. The van der Waals surface area contributed by atoms with Crippen molar-refractivity contribution in [2.75, 3.05) is 5.32 Å². The summed E-state index contributed by atoms with van der Waals surface area (Å²) in [5, 5.41) is 3.49. The van der Waals surface area contributed by atoms with Crippen molar-refractivity contribution in [3.8, 4) is 0 Å². The lowest BCUT2D eigenvalue weighted by molar-refractivity contribution is -0.115. The molecular weight excluding hydrogens is 306 g/mol. The predicted octanol–water partition coefficient (Wildman–Crippen LogP) is 5.18. The molecule has 4 rings (SSSR count). The first-order valence-electron chi connectivity index (χ1n) is 8.46. The summed E-state index contributed by atoms with van der Waals surface area (Å²) in [7, 11) is 0. The summed E-state index contributed by atoms with van der Waals surface area (Å²) >= 11 is 0. The fraction of sp³-hybridized carbons (Fsp3) is 0.0870. The highest BCUT2D eigenvalue weighted by molar-refractivity contribution is 6.33. The molecule has 0 spiro atoms. The number of hydrogen-bond acceptors (Lipinski definition) is 2. The maximum atomic E-state index is 12.9. The van der Waals surface area contributed by atoms with Gasteiger partial charge in [0.15, 0.2) is 5.78 Å². The largest absolute Gasteiger partial charge is 0.357 e. The van der Waals surface area contributed by atoms with Crippen molar-refractivity contribution in [1.82, 2.24) is 0 Å². The second-order valence-electron chi connectivity index (χ2n) is 6.35. The zero-order valence-corrected chi connectivity index (χ0v) is 14.1. The molecule has 1 aliphatic carbocycles. The fourth-order valence-electron chi connectivity index (χ4n) is 3.27. The van der Waals surface area contributed by atoms with E-state index in [0.29, 0.717) is 0 Å². The van der Waals surface area contributed by atoms with E-state index in [1.54, 1.807) is 0 Å². The number of anilines is 1. The van der Waals surface area contributed by atoms with Gasteiger partial charge in [-0.1, -0.05) is 78.4 Å². The smallest absolute Gasteiger partial charge is 0.178 e. The minimum atomic E-state index is -0.224. The molecule has 0 saturated carbocycles. The molecule has 0 fully saturated rings. The molecule has 1 N–H and O–H groups in total. The Morgan fingerprint density at radius 2 is 1.36 bits per heavy atom. The fourth-order valence-corrected chi connectivity index (χ4v) is 3.27. The second kappa shape index (κ2) is 6.40. The molecule has 0 saturated heterocycles. The van der Waals surface area contributed by atoms with Gasteiger partial charge in [0.25, 0.3) is 0 Å². The van der Waals surface area contributed by atoms with Crippen LogP contribution in [0.4, 0.5) is 5.69 Å². The van der Waals surface area contributed by atoms with E-state index in [1.165, 1.54) is 5.56 Å². The maximum Gasteiger partial charge on any atom is 0.178 e. The van der Waals surface area contributed by atoms with Crippen molar-refractivity contribution in [2.45, 2.75) is 12.8 Å². The van der Waals surface area contributed by atoms with Crippen LogP contribution in [0.25, 0.3) is 5.57 Å². The molecule has 0 radical (unpaired) electrons. The topological polar surface area (TPSA) is 29.1 Å². The van der Waals surface area contributed by atoms with Crippen LogP contribution in [0.15, 0.2) is 90.6 Å². The first-order valence-corrected chi connectivity index (χ1v) is 8.46. The van der Waals surface area contributed by atoms with Gasteiger partial charge in [0.1, 0.15) is 0 Å². The molecule has 0 aliphatic heterocycles. The average molecular weight is 325 g/mol. The Morgan fingerprint density at radius 3 is 2.00 bits per heavy atom. The average Bonchev–Trinajstić information content (AvgIpc) is 2.65. The summed E-state index contributed by atoms with van der Waals surface area (Å²) in [5.41, 5.74) is 5.98. The van der Waals surface area contributed by atoms with E-state index in [4.69, 9.17) is 0 Å². The zero-order valence-electron chi connectivity index (χ0n) is 14.1. The number of hydrogen-bond donors (Lipinski definition) is 1. The highest BCUT2D eigenvalue weighted by Gasteiger charge is 2.40. The molecule has 2 nitrogen and oxygen atoms in total. The van der Waals surface area contributed by atoms with E-state index in [1.807, 2.05) is 60.7 Å². The number of carbonyl (C=O) groups is 1. The Bertz CT molecular complexity index is 925. The highest BCUT2D eigenvalue weighted by Crippen LogP contribution is 2.44. The van der Waals surface area contributed by atoms with Crippen molar-refractivity contribution >= 4 is 17.0 Å². The molecule has 0 heterocycles. The summed E-state index contributed by atoms with van der Waals surface area (Å²) in [6.45, 7) is 2.07. The van der Waals surface area contributed by atoms with Gasteiger partial charge in [0.2, 0.25) is 0 Å². The van der Waals surface area contributed by atoms with Crippen molar-refractivity contribution in [3.05, 3.63) is 107 Å². The van der Waals surface area contributed by atoms with Gasteiger partial charge in [-0.25, -0.2) is 0 Å². The second-order valence-corrected chi connectivity index (χ2v) is 6.35. The van der Waals surface area contributed by atoms with Gasteiger partial charge in [0, 0.05) is 17.0 Å². The van der Waals surface area contributed by atoms with E-state index in [0.717, 1.165) is 28.1 Å². The first kappa shape index (κ1) is 15.4. The lowest BCUT2D eigenvalue weighted by Gasteiger charge is -2.33. The molecule has 3 aromatic carbocycles.